The van der Waals surface area contributed by atoms with Gasteiger partial charge in [0.15, 0.2) is 0 Å². The van der Waals surface area contributed by atoms with Gasteiger partial charge in [0.25, 0.3) is 0 Å². The van der Waals surface area contributed by atoms with Gasteiger partial charge in [-0.15, -0.1) is 0 Å². The summed E-state index contributed by atoms with van der Waals surface area (Å²) in [6.45, 7) is 0.506. The molecule has 0 atom stereocenters. The SMILES string of the molecule is Nc1cnc2c(OCc3ccccc3)cccc2n1. The van der Waals surface area contributed by atoms with Gasteiger partial charge in [0, 0.05) is 0 Å². The molecule has 0 fully saturated rings. The number of anilines is 1. The van der Waals surface area contributed by atoms with Crippen LogP contribution in [0.2, 0.25) is 0 Å². The molecular weight excluding hydrogens is 238 g/mol. The van der Waals surface area contributed by atoms with Crippen molar-refractivity contribution in [3.8, 4) is 5.75 Å². The molecule has 0 aliphatic rings. The first-order chi connectivity index (χ1) is 9.33. The largest absolute Gasteiger partial charge is 0.487 e. The Morgan fingerprint density at radius 1 is 1.00 bits per heavy atom. The topological polar surface area (TPSA) is 61.0 Å². The normalized spacial score (nSPS) is 10.5. The number of aromatic nitrogens is 2. The second-order valence-corrected chi connectivity index (χ2v) is 4.19. The molecule has 0 saturated heterocycles. The lowest BCUT2D eigenvalue weighted by atomic mass is 10.2. The van der Waals surface area contributed by atoms with Crippen molar-refractivity contribution >= 4 is 16.9 Å². The fourth-order valence-corrected chi connectivity index (χ4v) is 1.88. The van der Waals surface area contributed by atoms with Gasteiger partial charge >= 0.3 is 0 Å². The Morgan fingerprint density at radius 3 is 2.68 bits per heavy atom. The quantitative estimate of drug-likeness (QED) is 0.777. The van der Waals surface area contributed by atoms with E-state index in [9.17, 15) is 0 Å². The number of ether oxygens (including phenoxy) is 1. The van der Waals surface area contributed by atoms with E-state index in [1.165, 1.54) is 6.20 Å². The smallest absolute Gasteiger partial charge is 0.147 e. The fourth-order valence-electron chi connectivity index (χ4n) is 1.88. The van der Waals surface area contributed by atoms with Crippen LogP contribution < -0.4 is 10.5 Å². The molecule has 94 valence electrons. The van der Waals surface area contributed by atoms with Gasteiger partial charge in [0.2, 0.25) is 0 Å². The van der Waals surface area contributed by atoms with Gasteiger partial charge in [-0.05, 0) is 17.7 Å². The lowest BCUT2D eigenvalue weighted by Gasteiger charge is -2.08. The van der Waals surface area contributed by atoms with E-state index in [1.54, 1.807) is 0 Å². The first kappa shape index (κ1) is 11.5. The minimum atomic E-state index is 0.410. The van der Waals surface area contributed by atoms with Gasteiger partial charge in [-0.2, -0.15) is 0 Å². The fraction of sp³-hybridized carbons (Fsp3) is 0.0667. The van der Waals surface area contributed by atoms with Crippen molar-refractivity contribution in [1.29, 1.82) is 0 Å². The molecule has 1 heterocycles. The Hall–Kier alpha value is -2.62. The van der Waals surface area contributed by atoms with E-state index in [1.807, 2.05) is 48.5 Å². The highest BCUT2D eigenvalue weighted by Gasteiger charge is 2.05. The molecule has 0 radical (unpaired) electrons. The standard InChI is InChI=1S/C15H13N3O/c16-14-9-17-15-12(18-14)7-4-8-13(15)19-10-11-5-2-1-3-6-11/h1-9H,10H2,(H2,16,18). The summed E-state index contributed by atoms with van der Waals surface area (Å²) in [7, 11) is 0. The third-order valence-corrected chi connectivity index (χ3v) is 2.79. The van der Waals surface area contributed by atoms with Crippen LogP contribution in [0, 0.1) is 0 Å². The molecule has 0 unspecified atom stereocenters. The number of nitrogen functional groups attached to an aromatic ring is 1. The van der Waals surface area contributed by atoms with Crippen LogP contribution >= 0.6 is 0 Å². The molecule has 1 aromatic heterocycles. The summed E-state index contributed by atoms with van der Waals surface area (Å²) in [5, 5.41) is 0. The maximum Gasteiger partial charge on any atom is 0.147 e. The third kappa shape index (κ3) is 2.47. The number of fused-ring (bicyclic) bond motifs is 1. The molecule has 0 aliphatic carbocycles. The summed E-state index contributed by atoms with van der Waals surface area (Å²) in [4.78, 5) is 8.51. The highest BCUT2D eigenvalue weighted by molar-refractivity contribution is 5.81. The van der Waals surface area contributed by atoms with Crippen molar-refractivity contribution in [3.05, 3.63) is 60.3 Å². The third-order valence-electron chi connectivity index (χ3n) is 2.79. The zero-order chi connectivity index (χ0) is 13.1. The minimum Gasteiger partial charge on any atom is -0.487 e. The molecule has 4 nitrogen and oxygen atoms in total. The average molecular weight is 251 g/mol. The Labute approximate surface area is 110 Å². The van der Waals surface area contributed by atoms with Crippen LogP contribution in [0.5, 0.6) is 5.75 Å². The summed E-state index contributed by atoms with van der Waals surface area (Å²) in [6, 6.07) is 15.6. The molecule has 4 heteroatoms. The average Bonchev–Trinajstić information content (AvgIpc) is 2.45. The minimum absolute atomic E-state index is 0.410. The monoisotopic (exact) mass is 251 g/mol. The van der Waals surface area contributed by atoms with Gasteiger partial charge in [0.1, 0.15) is 23.7 Å². The van der Waals surface area contributed by atoms with Crippen LogP contribution in [0.4, 0.5) is 5.82 Å². The van der Waals surface area contributed by atoms with Gasteiger partial charge in [-0.25, -0.2) is 9.97 Å². The van der Waals surface area contributed by atoms with E-state index in [4.69, 9.17) is 10.5 Å². The molecular formula is C15H13N3O. The van der Waals surface area contributed by atoms with Crippen LogP contribution in [-0.4, -0.2) is 9.97 Å². The van der Waals surface area contributed by atoms with E-state index in [0.29, 0.717) is 18.2 Å². The Balaban J connectivity index is 1.89. The van der Waals surface area contributed by atoms with Crippen molar-refractivity contribution < 1.29 is 4.74 Å². The lowest BCUT2D eigenvalue weighted by Crippen LogP contribution is -1.98. The molecule has 19 heavy (non-hydrogen) atoms. The predicted octanol–water partition coefficient (Wildman–Crippen LogP) is 2.79. The Morgan fingerprint density at radius 2 is 1.84 bits per heavy atom. The molecule has 0 bridgehead atoms. The zero-order valence-electron chi connectivity index (χ0n) is 10.3. The Bertz CT molecular complexity index is 698. The van der Waals surface area contributed by atoms with E-state index in [0.717, 1.165) is 16.6 Å². The molecule has 0 saturated carbocycles. The van der Waals surface area contributed by atoms with E-state index in [2.05, 4.69) is 9.97 Å². The summed E-state index contributed by atoms with van der Waals surface area (Å²) in [6.07, 6.45) is 1.54. The number of para-hydroxylation sites is 1. The van der Waals surface area contributed by atoms with Gasteiger partial charge in [-0.1, -0.05) is 36.4 Å². The van der Waals surface area contributed by atoms with Gasteiger partial charge < -0.3 is 10.5 Å². The molecule has 3 aromatic rings. The van der Waals surface area contributed by atoms with Crippen LogP contribution in [0.1, 0.15) is 5.56 Å². The molecule has 2 aromatic carbocycles. The second-order valence-electron chi connectivity index (χ2n) is 4.19. The zero-order valence-corrected chi connectivity index (χ0v) is 10.3. The van der Waals surface area contributed by atoms with Crippen molar-refractivity contribution in [2.45, 2.75) is 6.61 Å². The van der Waals surface area contributed by atoms with E-state index >= 15 is 0 Å². The van der Waals surface area contributed by atoms with Crippen LogP contribution in [0.15, 0.2) is 54.7 Å². The lowest BCUT2D eigenvalue weighted by molar-refractivity contribution is 0.309. The molecule has 3 rings (SSSR count). The number of hydrogen-bond acceptors (Lipinski definition) is 4. The molecule has 0 amide bonds. The van der Waals surface area contributed by atoms with Crippen molar-refractivity contribution in [2.24, 2.45) is 0 Å². The summed E-state index contributed by atoms with van der Waals surface area (Å²) in [5.41, 5.74) is 8.21. The summed E-state index contributed by atoms with van der Waals surface area (Å²) in [5.74, 6) is 1.13. The maximum absolute atomic E-state index is 5.80. The maximum atomic E-state index is 5.80. The predicted molar refractivity (Wildman–Crippen MR) is 74.7 cm³/mol. The van der Waals surface area contributed by atoms with Crippen molar-refractivity contribution in [2.75, 3.05) is 5.73 Å². The van der Waals surface area contributed by atoms with Crippen molar-refractivity contribution in [3.63, 3.8) is 0 Å². The van der Waals surface area contributed by atoms with Crippen LogP contribution in [0.3, 0.4) is 0 Å². The molecule has 2 N–H and O–H groups in total. The summed E-state index contributed by atoms with van der Waals surface area (Å²) < 4.78 is 5.80. The number of hydrogen-bond donors (Lipinski definition) is 1. The van der Waals surface area contributed by atoms with E-state index < -0.39 is 0 Å². The van der Waals surface area contributed by atoms with Gasteiger partial charge in [-0.3, -0.25) is 0 Å². The molecule has 0 aliphatic heterocycles. The van der Waals surface area contributed by atoms with Crippen LogP contribution in [0.25, 0.3) is 11.0 Å². The number of benzene rings is 2. The second kappa shape index (κ2) is 4.94. The van der Waals surface area contributed by atoms with E-state index in [-0.39, 0.29) is 0 Å². The van der Waals surface area contributed by atoms with Crippen molar-refractivity contribution in [1.82, 2.24) is 9.97 Å². The first-order valence-electron chi connectivity index (χ1n) is 6.01. The first-order valence-corrected chi connectivity index (χ1v) is 6.01. The highest BCUT2D eigenvalue weighted by Crippen LogP contribution is 2.23. The number of nitrogens with zero attached hydrogens (tertiary/aromatic N) is 2. The number of nitrogens with two attached hydrogens (primary N) is 1. The Kier molecular flexibility index (Phi) is 2.98. The highest BCUT2D eigenvalue weighted by atomic mass is 16.5. The van der Waals surface area contributed by atoms with Crippen LogP contribution in [-0.2, 0) is 6.61 Å². The van der Waals surface area contributed by atoms with Gasteiger partial charge in [0.05, 0.1) is 11.7 Å². The number of rotatable bonds is 3. The molecule has 0 spiro atoms. The summed E-state index contributed by atoms with van der Waals surface area (Å²) >= 11 is 0.